The second-order valence-corrected chi connectivity index (χ2v) is 4.88. The van der Waals surface area contributed by atoms with Crippen LogP contribution in [0.4, 0.5) is 10.5 Å². The highest BCUT2D eigenvalue weighted by atomic mass is 16.2. The van der Waals surface area contributed by atoms with Gasteiger partial charge in [-0.3, -0.25) is 4.79 Å². The van der Waals surface area contributed by atoms with Gasteiger partial charge in [-0.2, -0.15) is 0 Å². The van der Waals surface area contributed by atoms with Crippen molar-refractivity contribution in [1.82, 2.24) is 16.0 Å². The molecule has 1 aliphatic heterocycles. The summed E-state index contributed by atoms with van der Waals surface area (Å²) in [5.74, 6) is -0.165. The first kappa shape index (κ1) is 14.3. The maximum atomic E-state index is 11.9. The summed E-state index contributed by atoms with van der Waals surface area (Å²) in [6.45, 7) is 3.37. The molecule has 6 heteroatoms. The first-order chi connectivity index (χ1) is 9.65. The summed E-state index contributed by atoms with van der Waals surface area (Å²) in [7, 11) is 0. The zero-order chi connectivity index (χ0) is 14.4. The van der Waals surface area contributed by atoms with Crippen molar-refractivity contribution < 1.29 is 9.59 Å². The zero-order valence-electron chi connectivity index (χ0n) is 11.5. The molecule has 2 rings (SSSR count). The van der Waals surface area contributed by atoms with Crippen molar-refractivity contribution in [3.63, 3.8) is 0 Å². The van der Waals surface area contributed by atoms with Gasteiger partial charge in [-0.15, -0.1) is 0 Å². The van der Waals surface area contributed by atoms with E-state index in [1.165, 1.54) is 0 Å². The molecule has 3 amide bonds. The Morgan fingerprint density at radius 3 is 2.70 bits per heavy atom. The monoisotopic (exact) mass is 276 g/mol. The Morgan fingerprint density at radius 2 is 2.05 bits per heavy atom. The van der Waals surface area contributed by atoms with Crippen molar-refractivity contribution in [2.45, 2.75) is 25.4 Å². The number of para-hydroxylation sites is 1. The molecule has 0 spiro atoms. The van der Waals surface area contributed by atoms with Gasteiger partial charge in [0, 0.05) is 18.3 Å². The predicted molar refractivity (Wildman–Crippen MR) is 77.5 cm³/mol. The minimum absolute atomic E-state index is 0.156. The van der Waals surface area contributed by atoms with E-state index in [9.17, 15) is 9.59 Å². The quantitative estimate of drug-likeness (QED) is 0.652. The summed E-state index contributed by atoms with van der Waals surface area (Å²) < 4.78 is 0. The van der Waals surface area contributed by atoms with Gasteiger partial charge in [0.2, 0.25) is 5.91 Å². The average Bonchev–Trinajstić information content (AvgIpc) is 2.92. The fourth-order valence-electron chi connectivity index (χ4n) is 2.05. The number of carbonyl (C=O) groups is 2. The number of hydrogen-bond donors (Lipinski definition) is 4. The third-order valence-electron chi connectivity index (χ3n) is 3.18. The standard InChI is InChI=1S/C14H20N4O2/c1-10(13(19)17-12-7-8-15-9-12)16-14(20)18-11-5-3-2-4-6-11/h2-6,10,12,15H,7-9H2,1H3,(H,17,19)(H2,16,18,20). The molecule has 20 heavy (non-hydrogen) atoms. The first-order valence-corrected chi connectivity index (χ1v) is 6.79. The van der Waals surface area contributed by atoms with E-state index < -0.39 is 6.04 Å². The van der Waals surface area contributed by atoms with Crippen LogP contribution in [0.2, 0.25) is 0 Å². The Morgan fingerprint density at radius 1 is 1.30 bits per heavy atom. The lowest BCUT2D eigenvalue weighted by Gasteiger charge is -2.17. The van der Waals surface area contributed by atoms with E-state index in [1.54, 1.807) is 19.1 Å². The molecule has 4 N–H and O–H groups in total. The number of anilines is 1. The maximum Gasteiger partial charge on any atom is 0.319 e. The topological polar surface area (TPSA) is 82.3 Å². The van der Waals surface area contributed by atoms with Crippen LogP contribution in [0.15, 0.2) is 30.3 Å². The number of rotatable bonds is 4. The van der Waals surface area contributed by atoms with E-state index in [1.807, 2.05) is 18.2 Å². The average molecular weight is 276 g/mol. The van der Waals surface area contributed by atoms with Crippen molar-refractivity contribution in [2.24, 2.45) is 0 Å². The molecule has 0 aromatic heterocycles. The molecule has 0 bridgehead atoms. The van der Waals surface area contributed by atoms with E-state index in [2.05, 4.69) is 21.3 Å². The Kier molecular flexibility index (Phi) is 4.95. The molecule has 1 aliphatic rings. The van der Waals surface area contributed by atoms with Crippen LogP contribution in [-0.2, 0) is 4.79 Å². The van der Waals surface area contributed by atoms with Crippen LogP contribution in [0, 0.1) is 0 Å². The summed E-state index contributed by atoms with van der Waals surface area (Å²) >= 11 is 0. The molecule has 1 fully saturated rings. The van der Waals surface area contributed by atoms with E-state index >= 15 is 0 Å². The maximum absolute atomic E-state index is 11.9. The molecule has 0 saturated carbocycles. The van der Waals surface area contributed by atoms with E-state index in [0.717, 1.165) is 19.5 Å². The lowest BCUT2D eigenvalue weighted by Crippen LogP contribution is -2.49. The van der Waals surface area contributed by atoms with Crippen LogP contribution in [0.25, 0.3) is 0 Å². The van der Waals surface area contributed by atoms with Gasteiger partial charge in [0.25, 0.3) is 0 Å². The number of carbonyl (C=O) groups excluding carboxylic acids is 2. The lowest BCUT2D eigenvalue weighted by atomic mass is 10.2. The highest BCUT2D eigenvalue weighted by Gasteiger charge is 2.21. The molecular weight excluding hydrogens is 256 g/mol. The summed E-state index contributed by atoms with van der Waals surface area (Å²) in [4.78, 5) is 23.7. The minimum atomic E-state index is -0.570. The normalized spacial score (nSPS) is 19.1. The lowest BCUT2D eigenvalue weighted by molar-refractivity contribution is -0.123. The summed E-state index contributed by atoms with van der Waals surface area (Å²) in [6.07, 6.45) is 0.925. The van der Waals surface area contributed by atoms with Gasteiger partial charge < -0.3 is 21.3 Å². The molecule has 1 heterocycles. The second-order valence-electron chi connectivity index (χ2n) is 4.88. The van der Waals surface area contributed by atoms with Crippen LogP contribution in [-0.4, -0.2) is 37.1 Å². The third-order valence-corrected chi connectivity index (χ3v) is 3.18. The minimum Gasteiger partial charge on any atom is -0.350 e. The van der Waals surface area contributed by atoms with Crippen LogP contribution in [0.5, 0.6) is 0 Å². The van der Waals surface area contributed by atoms with Crippen LogP contribution < -0.4 is 21.3 Å². The van der Waals surface area contributed by atoms with Gasteiger partial charge in [0.1, 0.15) is 6.04 Å². The number of amides is 3. The predicted octanol–water partition coefficient (Wildman–Crippen LogP) is 0.675. The smallest absolute Gasteiger partial charge is 0.319 e. The molecule has 6 nitrogen and oxygen atoms in total. The second kappa shape index (κ2) is 6.91. The number of benzene rings is 1. The number of hydrogen-bond acceptors (Lipinski definition) is 3. The Balaban J connectivity index is 1.76. The summed E-state index contributed by atoms with van der Waals surface area (Å²) in [5.41, 5.74) is 0.692. The van der Waals surface area contributed by atoms with Crippen molar-refractivity contribution in [3.8, 4) is 0 Å². The van der Waals surface area contributed by atoms with E-state index in [0.29, 0.717) is 5.69 Å². The van der Waals surface area contributed by atoms with Gasteiger partial charge in [0.05, 0.1) is 0 Å². The number of nitrogens with one attached hydrogen (secondary N) is 4. The van der Waals surface area contributed by atoms with Crippen molar-refractivity contribution in [2.75, 3.05) is 18.4 Å². The van der Waals surface area contributed by atoms with E-state index in [-0.39, 0.29) is 18.0 Å². The van der Waals surface area contributed by atoms with Gasteiger partial charge >= 0.3 is 6.03 Å². The zero-order valence-corrected chi connectivity index (χ0v) is 11.5. The van der Waals surface area contributed by atoms with Crippen molar-refractivity contribution in [1.29, 1.82) is 0 Å². The highest BCUT2D eigenvalue weighted by molar-refractivity contribution is 5.93. The van der Waals surface area contributed by atoms with Crippen molar-refractivity contribution >= 4 is 17.6 Å². The fourth-order valence-corrected chi connectivity index (χ4v) is 2.05. The van der Waals surface area contributed by atoms with Crippen LogP contribution >= 0.6 is 0 Å². The van der Waals surface area contributed by atoms with Crippen LogP contribution in [0.1, 0.15) is 13.3 Å². The Bertz CT molecular complexity index is 458. The molecule has 2 unspecified atom stereocenters. The van der Waals surface area contributed by atoms with Crippen molar-refractivity contribution in [3.05, 3.63) is 30.3 Å². The molecule has 1 aromatic rings. The van der Waals surface area contributed by atoms with Gasteiger partial charge in [-0.1, -0.05) is 18.2 Å². The molecule has 2 atom stereocenters. The van der Waals surface area contributed by atoms with Crippen LogP contribution in [0.3, 0.4) is 0 Å². The number of urea groups is 1. The molecular formula is C14H20N4O2. The SMILES string of the molecule is CC(NC(=O)Nc1ccccc1)C(=O)NC1CCNC1. The molecule has 108 valence electrons. The molecule has 0 radical (unpaired) electrons. The fraction of sp³-hybridized carbons (Fsp3) is 0.429. The Hall–Kier alpha value is -2.08. The Labute approximate surface area is 118 Å². The van der Waals surface area contributed by atoms with Gasteiger partial charge in [-0.25, -0.2) is 4.79 Å². The molecule has 1 saturated heterocycles. The summed E-state index contributed by atoms with van der Waals surface area (Å²) in [6, 6.07) is 8.31. The third kappa shape index (κ3) is 4.24. The highest BCUT2D eigenvalue weighted by Crippen LogP contribution is 2.04. The molecule has 0 aliphatic carbocycles. The van der Waals surface area contributed by atoms with Gasteiger partial charge in [0.15, 0.2) is 0 Å². The van der Waals surface area contributed by atoms with E-state index in [4.69, 9.17) is 0 Å². The first-order valence-electron chi connectivity index (χ1n) is 6.79. The summed E-state index contributed by atoms with van der Waals surface area (Å²) in [5, 5.41) is 11.4. The largest absolute Gasteiger partial charge is 0.350 e. The molecule has 1 aromatic carbocycles. The van der Waals surface area contributed by atoms with Gasteiger partial charge in [-0.05, 0) is 32.0 Å².